The zero-order valence-corrected chi connectivity index (χ0v) is 8.64. The van der Waals surface area contributed by atoms with E-state index in [1.165, 1.54) is 0 Å². The standard InChI is InChI=1S/C9H9ClO2.ClH/c1-7(9(10)11)12-8-5-3-2-4-6-8;/h2-7H,1H3;1H. The van der Waals surface area contributed by atoms with Gasteiger partial charge in [-0.15, -0.1) is 12.4 Å². The highest BCUT2D eigenvalue weighted by atomic mass is 35.5. The van der Waals surface area contributed by atoms with Gasteiger partial charge in [-0.1, -0.05) is 18.2 Å². The summed E-state index contributed by atoms with van der Waals surface area (Å²) in [5.74, 6) is 0.652. The fourth-order valence-corrected chi connectivity index (χ4v) is 0.794. The lowest BCUT2D eigenvalue weighted by molar-refractivity contribution is -0.117. The average molecular weight is 221 g/mol. The number of ether oxygens (including phenoxy) is 1. The van der Waals surface area contributed by atoms with Crippen LogP contribution in [0.15, 0.2) is 30.3 Å². The van der Waals surface area contributed by atoms with Crippen LogP contribution in [-0.2, 0) is 4.79 Å². The van der Waals surface area contributed by atoms with Gasteiger partial charge in [0, 0.05) is 0 Å². The molecule has 1 aromatic rings. The summed E-state index contributed by atoms with van der Waals surface area (Å²) in [6.07, 6.45) is -0.589. The van der Waals surface area contributed by atoms with Crippen molar-refractivity contribution in [1.29, 1.82) is 0 Å². The molecule has 1 aromatic carbocycles. The number of carbonyl (C=O) groups excluding carboxylic acids is 1. The summed E-state index contributed by atoms with van der Waals surface area (Å²) in [5, 5.41) is -0.487. The van der Waals surface area contributed by atoms with E-state index < -0.39 is 11.3 Å². The number of halogens is 2. The second kappa shape index (κ2) is 5.84. The van der Waals surface area contributed by atoms with Crippen molar-refractivity contribution >= 4 is 29.3 Å². The van der Waals surface area contributed by atoms with E-state index in [9.17, 15) is 4.79 Å². The maximum atomic E-state index is 10.6. The molecule has 1 atom stereocenters. The summed E-state index contributed by atoms with van der Waals surface area (Å²) in [7, 11) is 0. The first-order chi connectivity index (χ1) is 5.70. The third-order valence-corrected chi connectivity index (χ3v) is 1.68. The number of para-hydroxylation sites is 1. The van der Waals surface area contributed by atoms with E-state index in [4.69, 9.17) is 16.3 Å². The highest BCUT2D eigenvalue weighted by Crippen LogP contribution is 2.11. The largest absolute Gasteiger partial charge is 0.482 e. The first kappa shape index (κ1) is 12.3. The van der Waals surface area contributed by atoms with Gasteiger partial charge in [-0.3, -0.25) is 4.79 Å². The molecule has 1 unspecified atom stereocenters. The zero-order chi connectivity index (χ0) is 8.97. The molecule has 0 N–H and O–H groups in total. The van der Waals surface area contributed by atoms with Crippen molar-refractivity contribution in [1.82, 2.24) is 0 Å². The molecule has 0 saturated heterocycles. The molecular formula is C9H10Cl2O2. The van der Waals surface area contributed by atoms with Crippen LogP contribution in [0.2, 0.25) is 0 Å². The number of hydrogen-bond acceptors (Lipinski definition) is 2. The Balaban J connectivity index is 0.00000144. The molecule has 0 bridgehead atoms. The summed E-state index contributed by atoms with van der Waals surface area (Å²) in [5.41, 5.74) is 0. The van der Waals surface area contributed by atoms with Crippen LogP contribution in [0.5, 0.6) is 5.75 Å². The van der Waals surface area contributed by atoms with Crippen LogP contribution in [0.1, 0.15) is 6.92 Å². The van der Waals surface area contributed by atoms with Crippen molar-refractivity contribution in [3.63, 3.8) is 0 Å². The lowest BCUT2D eigenvalue weighted by Gasteiger charge is -2.09. The Morgan fingerprint density at radius 1 is 1.38 bits per heavy atom. The summed E-state index contributed by atoms with van der Waals surface area (Å²) < 4.78 is 5.19. The molecule has 0 radical (unpaired) electrons. The van der Waals surface area contributed by atoms with Crippen LogP contribution >= 0.6 is 24.0 Å². The molecule has 72 valence electrons. The Hall–Kier alpha value is -0.730. The van der Waals surface area contributed by atoms with E-state index in [1.54, 1.807) is 19.1 Å². The van der Waals surface area contributed by atoms with Gasteiger partial charge in [0.2, 0.25) is 0 Å². The van der Waals surface area contributed by atoms with Crippen LogP contribution in [-0.4, -0.2) is 11.3 Å². The van der Waals surface area contributed by atoms with E-state index in [1.807, 2.05) is 18.2 Å². The van der Waals surface area contributed by atoms with Gasteiger partial charge >= 0.3 is 0 Å². The Bertz CT molecular complexity index is 262. The molecule has 0 spiro atoms. The minimum atomic E-state index is -0.589. The number of rotatable bonds is 3. The molecule has 2 nitrogen and oxygen atoms in total. The highest BCUT2D eigenvalue weighted by Gasteiger charge is 2.10. The number of hydrogen-bond donors (Lipinski definition) is 0. The SMILES string of the molecule is CC(Oc1ccccc1)C(=O)Cl.Cl. The van der Waals surface area contributed by atoms with Gasteiger partial charge < -0.3 is 4.74 Å². The summed E-state index contributed by atoms with van der Waals surface area (Å²) in [6, 6.07) is 9.09. The predicted octanol–water partition coefficient (Wildman–Crippen LogP) is 2.64. The van der Waals surface area contributed by atoms with Gasteiger partial charge in [-0.2, -0.15) is 0 Å². The van der Waals surface area contributed by atoms with Crippen molar-refractivity contribution in [2.24, 2.45) is 0 Å². The Labute approximate surface area is 88.3 Å². The van der Waals surface area contributed by atoms with Crippen molar-refractivity contribution in [2.75, 3.05) is 0 Å². The number of benzene rings is 1. The van der Waals surface area contributed by atoms with Crippen LogP contribution < -0.4 is 4.74 Å². The molecule has 4 heteroatoms. The molecule has 0 amide bonds. The van der Waals surface area contributed by atoms with Gasteiger partial charge in [0.25, 0.3) is 5.24 Å². The maximum absolute atomic E-state index is 10.6. The van der Waals surface area contributed by atoms with Crippen LogP contribution in [0, 0.1) is 0 Å². The van der Waals surface area contributed by atoms with Gasteiger partial charge in [0.1, 0.15) is 5.75 Å². The number of carbonyl (C=O) groups is 1. The second-order valence-corrected chi connectivity index (χ2v) is 2.75. The Morgan fingerprint density at radius 3 is 2.38 bits per heavy atom. The molecule has 0 saturated carbocycles. The fraction of sp³-hybridized carbons (Fsp3) is 0.222. The lowest BCUT2D eigenvalue weighted by Crippen LogP contribution is -2.18. The molecule has 0 heterocycles. The molecule has 0 aliphatic rings. The zero-order valence-electron chi connectivity index (χ0n) is 7.07. The predicted molar refractivity (Wildman–Crippen MR) is 54.6 cm³/mol. The summed E-state index contributed by atoms with van der Waals surface area (Å²) >= 11 is 5.21. The topological polar surface area (TPSA) is 26.3 Å². The van der Waals surface area contributed by atoms with Gasteiger partial charge in [0.05, 0.1) is 0 Å². The smallest absolute Gasteiger partial charge is 0.262 e. The van der Waals surface area contributed by atoms with E-state index in [0.29, 0.717) is 5.75 Å². The molecule has 0 aliphatic heterocycles. The van der Waals surface area contributed by atoms with Crippen LogP contribution in [0.3, 0.4) is 0 Å². The minimum Gasteiger partial charge on any atom is -0.482 e. The second-order valence-electron chi connectivity index (χ2n) is 2.38. The van der Waals surface area contributed by atoms with Gasteiger partial charge in [-0.25, -0.2) is 0 Å². The quantitative estimate of drug-likeness (QED) is 0.733. The first-order valence-electron chi connectivity index (χ1n) is 3.61. The van der Waals surface area contributed by atoms with Gasteiger partial charge in [-0.05, 0) is 30.7 Å². The third kappa shape index (κ3) is 4.15. The maximum Gasteiger partial charge on any atom is 0.262 e. The van der Waals surface area contributed by atoms with E-state index in [0.717, 1.165) is 0 Å². The minimum absolute atomic E-state index is 0. The molecule has 0 aliphatic carbocycles. The molecule has 0 aromatic heterocycles. The monoisotopic (exact) mass is 220 g/mol. The van der Waals surface area contributed by atoms with E-state index >= 15 is 0 Å². The van der Waals surface area contributed by atoms with E-state index in [2.05, 4.69) is 0 Å². The van der Waals surface area contributed by atoms with Crippen LogP contribution in [0.4, 0.5) is 0 Å². The first-order valence-corrected chi connectivity index (χ1v) is 3.99. The van der Waals surface area contributed by atoms with Gasteiger partial charge in [0.15, 0.2) is 6.10 Å². The van der Waals surface area contributed by atoms with E-state index in [-0.39, 0.29) is 12.4 Å². The Morgan fingerprint density at radius 2 is 1.92 bits per heavy atom. The highest BCUT2D eigenvalue weighted by molar-refractivity contribution is 6.64. The summed E-state index contributed by atoms with van der Waals surface area (Å²) in [4.78, 5) is 10.6. The molecule has 13 heavy (non-hydrogen) atoms. The van der Waals surface area contributed by atoms with Crippen LogP contribution in [0.25, 0.3) is 0 Å². The molecule has 0 fully saturated rings. The lowest BCUT2D eigenvalue weighted by atomic mass is 10.3. The Kier molecular flexibility index (Phi) is 5.51. The molecule has 1 rings (SSSR count). The van der Waals surface area contributed by atoms with Crippen molar-refractivity contribution in [3.8, 4) is 5.75 Å². The van der Waals surface area contributed by atoms with Crippen molar-refractivity contribution in [3.05, 3.63) is 30.3 Å². The van der Waals surface area contributed by atoms with Crippen molar-refractivity contribution in [2.45, 2.75) is 13.0 Å². The normalized spacial score (nSPS) is 11.2. The fourth-order valence-electron chi connectivity index (χ4n) is 0.750. The van der Waals surface area contributed by atoms with Crippen molar-refractivity contribution < 1.29 is 9.53 Å². The molecular weight excluding hydrogens is 211 g/mol. The average Bonchev–Trinajstić information content (AvgIpc) is 2.06. The summed E-state index contributed by atoms with van der Waals surface area (Å²) in [6.45, 7) is 1.61. The third-order valence-electron chi connectivity index (χ3n) is 1.38.